The number of hydrogen-bond donors (Lipinski definition) is 2. The maximum Gasteiger partial charge on any atom is 0.405 e. The minimum atomic E-state index is -4.24. The van der Waals surface area contributed by atoms with Crippen molar-refractivity contribution in [3.8, 4) is 0 Å². The van der Waals surface area contributed by atoms with E-state index in [2.05, 4.69) is 5.32 Å². The Morgan fingerprint density at radius 1 is 1.29 bits per heavy atom. The van der Waals surface area contributed by atoms with Crippen molar-refractivity contribution in [2.45, 2.75) is 6.18 Å². The first-order valence-corrected chi connectivity index (χ1v) is 3.93. The van der Waals surface area contributed by atoms with E-state index in [9.17, 15) is 13.2 Å². The molecule has 0 aliphatic heterocycles. The fourth-order valence-corrected chi connectivity index (χ4v) is 0.979. The van der Waals surface area contributed by atoms with Gasteiger partial charge in [0, 0.05) is 17.5 Å². The van der Waals surface area contributed by atoms with E-state index in [1.54, 1.807) is 18.2 Å². The summed E-state index contributed by atoms with van der Waals surface area (Å²) in [6.45, 7) is -1.09. The first-order chi connectivity index (χ1) is 6.53. The van der Waals surface area contributed by atoms with E-state index in [1.807, 2.05) is 0 Å². The van der Waals surface area contributed by atoms with Crippen LogP contribution in [0, 0.1) is 5.41 Å². The molecular formula is C9H9F3N2. The molecule has 0 atom stereocenters. The van der Waals surface area contributed by atoms with Crippen molar-refractivity contribution in [3.05, 3.63) is 29.8 Å². The molecule has 1 aromatic rings. The summed E-state index contributed by atoms with van der Waals surface area (Å²) in [5, 5.41) is 9.20. The summed E-state index contributed by atoms with van der Waals surface area (Å²) in [6, 6.07) is 6.36. The lowest BCUT2D eigenvalue weighted by Gasteiger charge is -2.11. The van der Waals surface area contributed by atoms with Gasteiger partial charge in [-0.3, -0.25) is 0 Å². The lowest BCUT2D eigenvalue weighted by Crippen LogP contribution is -2.21. The van der Waals surface area contributed by atoms with Crippen molar-refractivity contribution >= 4 is 11.9 Å². The summed E-state index contributed by atoms with van der Waals surface area (Å²) in [5.74, 6) is 0. The third-order valence-corrected chi connectivity index (χ3v) is 1.60. The van der Waals surface area contributed by atoms with E-state index in [0.717, 1.165) is 6.21 Å². The number of para-hydroxylation sites is 1. The smallest absolute Gasteiger partial charge is 0.376 e. The molecule has 0 saturated heterocycles. The maximum atomic E-state index is 11.9. The number of hydrogen-bond acceptors (Lipinski definition) is 2. The first kappa shape index (κ1) is 10.6. The highest BCUT2D eigenvalue weighted by atomic mass is 19.4. The van der Waals surface area contributed by atoms with Gasteiger partial charge in [-0.05, 0) is 6.07 Å². The predicted molar refractivity (Wildman–Crippen MR) is 48.9 cm³/mol. The molecule has 0 fully saturated rings. The van der Waals surface area contributed by atoms with Crippen LogP contribution in [-0.2, 0) is 0 Å². The van der Waals surface area contributed by atoms with Crippen molar-refractivity contribution in [3.63, 3.8) is 0 Å². The van der Waals surface area contributed by atoms with Crippen LogP contribution in [0.2, 0.25) is 0 Å². The largest absolute Gasteiger partial charge is 0.405 e. The van der Waals surface area contributed by atoms with Gasteiger partial charge in [0.05, 0.1) is 0 Å². The SMILES string of the molecule is N=Cc1ccccc1NCC(F)(F)F. The lowest BCUT2D eigenvalue weighted by molar-refractivity contribution is -0.115. The summed E-state index contributed by atoms with van der Waals surface area (Å²) in [5.41, 5.74) is 0.761. The van der Waals surface area contributed by atoms with E-state index in [1.165, 1.54) is 6.07 Å². The van der Waals surface area contributed by atoms with Gasteiger partial charge in [0.1, 0.15) is 6.54 Å². The van der Waals surface area contributed by atoms with Crippen LogP contribution in [0.15, 0.2) is 24.3 Å². The summed E-state index contributed by atoms with van der Waals surface area (Å²) in [6.07, 6.45) is -3.23. The third-order valence-electron chi connectivity index (χ3n) is 1.60. The van der Waals surface area contributed by atoms with Gasteiger partial charge in [-0.25, -0.2) is 0 Å². The Bertz CT molecular complexity index is 320. The average Bonchev–Trinajstić information content (AvgIpc) is 2.14. The van der Waals surface area contributed by atoms with Gasteiger partial charge in [-0.2, -0.15) is 13.2 Å². The number of alkyl halides is 3. The van der Waals surface area contributed by atoms with Crippen molar-refractivity contribution in [2.75, 3.05) is 11.9 Å². The second-order valence-corrected chi connectivity index (χ2v) is 2.70. The van der Waals surface area contributed by atoms with Crippen molar-refractivity contribution < 1.29 is 13.2 Å². The Kier molecular flexibility index (Phi) is 3.11. The van der Waals surface area contributed by atoms with Crippen LogP contribution < -0.4 is 5.32 Å². The Balaban J connectivity index is 2.71. The number of anilines is 1. The summed E-state index contributed by atoms with van der Waals surface area (Å²) in [7, 11) is 0. The van der Waals surface area contributed by atoms with E-state index in [4.69, 9.17) is 5.41 Å². The zero-order valence-electron chi connectivity index (χ0n) is 7.23. The fourth-order valence-electron chi connectivity index (χ4n) is 0.979. The molecule has 1 rings (SSSR count). The standard InChI is InChI=1S/C9H9F3N2/c10-9(11,12)6-14-8-4-2-1-3-7(8)5-13/h1-5,13-14H,6H2. The topological polar surface area (TPSA) is 35.9 Å². The molecule has 0 spiro atoms. The zero-order valence-corrected chi connectivity index (χ0v) is 7.23. The molecule has 0 bridgehead atoms. The quantitative estimate of drug-likeness (QED) is 0.726. The second-order valence-electron chi connectivity index (χ2n) is 2.70. The summed E-state index contributed by atoms with van der Waals surface area (Å²) in [4.78, 5) is 0. The van der Waals surface area contributed by atoms with E-state index < -0.39 is 12.7 Å². The number of halogens is 3. The average molecular weight is 202 g/mol. The van der Waals surface area contributed by atoms with E-state index in [0.29, 0.717) is 11.3 Å². The van der Waals surface area contributed by atoms with Crippen LogP contribution in [0.3, 0.4) is 0 Å². The molecule has 0 heterocycles. The molecule has 2 nitrogen and oxygen atoms in total. The Hall–Kier alpha value is -1.52. The van der Waals surface area contributed by atoms with Gasteiger partial charge in [0.2, 0.25) is 0 Å². The minimum Gasteiger partial charge on any atom is -0.376 e. The van der Waals surface area contributed by atoms with Crippen LogP contribution in [0.25, 0.3) is 0 Å². The Morgan fingerprint density at radius 3 is 2.50 bits per heavy atom. The molecule has 0 amide bonds. The van der Waals surface area contributed by atoms with Gasteiger partial charge < -0.3 is 10.7 Å². The van der Waals surface area contributed by atoms with Crippen LogP contribution in [0.5, 0.6) is 0 Å². The highest BCUT2D eigenvalue weighted by Crippen LogP contribution is 2.18. The molecular weight excluding hydrogens is 193 g/mol. The predicted octanol–water partition coefficient (Wildman–Crippen LogP) is 2.66. The molecule has 0 saturated carbocycles. The molecule has 1 aromatic carbocycles. The highest BCUT2D eigenvalue weighted by Gasteiger charge is 2.26. The molecule has 5 heteroatoms. The van der Waals surface area contributed by atoms with Crippen LogP contribution in [-0.4, -0.2) is 18.9 Å². The van der Waals surface area contributed by atoms with Gasteiger partial charge >= 0.3 is 6.18 Å². The normalized spacial score (nSPS) is 11.1. The molecule has 0 unspecified atom stereocenters. The first-order valence-electron chi connectivity index (χ1n) is 3.93. The molecule has 0 aromatic heterocycles. The molecule has 2 N–H and O–H groups in total. The highest BCUT2D eigenvalue weighted by molar-refractivity contribution is 5.85. The van der Waals surface area contributed by atoms with Gasteiger partial charge in [-0.15, -0.1) is 0 Å². The number of benzene rings is 1. The van der Waals surface area contributed by atoms with Crippen molar-refractivity contribution in [1.29, 1.82) is 5.41 Å². The van der Waals surface area contributed by atoms with Gasteiger partial charge in [0.15, 0.2) is 0 Å². The monoisotopic (exact) mass is 202 g/mol. The van der Waals surface area contributed by atoms with E-state index >= 15 is 0 Å². The number of nitrogens with one attached hydrogen (secondary N) is 2. The Labute approximate surface area is 79.3 Å². The van der Waals surface area contributed by atoms with Crippen LogP contribution in [0.4, 0.5) is 18.9 Å². The van der Waals surface area contributed by atoms with Crippen LogP contribution >= 0.6 is 0 Å². The van der Waals surface area contributed by atoms with Gasteiger partial charge in [0.25, 0.3) is 0 Å². The second kappa shape index (κ2) is 4.13. The minimum absolute atomic E-state index is 0.319. The van der Waals surface area contributed by atoms with Crippen molar-refractivity contribution in [1.82, 2.24) is 0 Å². The number of rotatable bonds is 3. The lowest BCUT2D eigenvalue weighted by atomic mass is 10.2. The molecule has 0 radical (unpaired) electrons. The molecule has 0 aliphatic rings. The third kappa shape index (κ3) is 3.08. The summed E-state index contributed by atoms with van der Waals surface area (Å²) < 4.78 is 35.6. The molecule has 14 heavy (non-hydrogen) atoms. The van der Waals surface area contributed by atoms with E-state index in [-0.39, 0.29) is 0 Å². The Morgan fingerprint density at radius 2 is 1.93 bits per heavy atom. The van der Waals surface area contributed by atoms with Crippen molar-refractivity contribution in [2.24, 2.45) is 0 Å². The molecule has 76 valence electrons. The van der Waals surface area contributed by atoms with Crippen LogP contribution in [0.1, 0.15) is 5.56 Å². The maximum absolute atomic E-state index is 11.9. The molecule has 0 aliphatic carbocycles. The summed E-state index contributed by atoms with van der Waals surface area (Å²) >= 11 is 0. The zero-order chi connectivity index (χ0) is 10.6. The fraction of sp³-hybridized carbons (Fsp3) is 0.222. The van der Waals surface area contributed by atoms with Gasteiger partial charge in [-0.1, -0.05) is 18.2 Å².